The first-order valence-electron chi connectivity index (χ1n) is 6.07. The van der Waals surface area contributed by atoms with Crippen molar-refractivity contribution in [1.82, 2.24) is 9.97 Å². The SMILES string of the molecule is O=C(O)Cc1cccc(-c2c[nH]c3ncc(Cl)cc23)c1. The predicted octanol–water partition coefficient (Wildman–Crippen LogP) is 3.51. The van der Waals surface area contributed by atoms with Crippen LogP contribution in [0.3, 0.4) is 0 Å². The van der Waals surface area contributed by atoms with Crippen LogP contribution in [0.25, 0.3) is 22.2 Å². The summed E-state index contributed by atoms with van der Waals surface area (Å²) in [5, 5.41) is 10.4. The quantitative estimate of drug-likeness (QED) is 0.774. The van der Waals surface area contributed by atoms with E-state index in [4.69, 9.17) is 16.7 Å². The molecule has 2 heterocycles. The highest BCUT2D eigenvalue weighted by atomic mass is 35.5. The zero-order valence-electron chi connectivity index (χ0n) is 10.4. The standard InChI is InChI=1S/C15H11ClN2O2/c16-11-6-12-13(8-18-15(12)17-7-11)10-3-1-2-9(4-10)5-14(19)20/h1-4,6-8H,5H2,(H,17,18)(H,19,20). The summed E-state index contributed by atoms with van der Waals surface area (Å²) in [5.41, 5.74) is 3.42. The minimum Gasteiger partial charge on any atom is -0.481 e. The normalized spacial score (nSPS) is 10.8. The molecule has 2 N–H and O–H groups in total. The van der Waals surface area contributed by atoms with Crippen molar-refractivity contribution in [3.05, 3.63) is 53.3 Å². The molecule has 0 atom stereocenters. The van der Waals surface area contributed by atoms with Crippen molar-refractivity contribution in [3.63, 3.8) is 0 Å². The van der Waals surface area contributed by atoms with E-state index in [2.05, 4.69) is 9.97 Å². The zero-order chi connectivity index (χ0) is 14.1. The summed E-state index contributed by atoms with van der Waals surface area (Å²) in [6.45, 7) is 0. The van der Waals surface area contributed by atoms with Gasteiger partial charge in [-0.05, 0) is 17.2 Å². The topological polar surface area (TPSA) is 66.0 Å². The number of benzene rings is 1. The van der Waals surface area contributed by atoms with Crippen LogP contribution < -0.4 is 0 Å². The second-order valence-corrected chi connectivity index (χ2v) is 4.96. The molecule has 1 aromatic carbocycles. The molecule has 0 radical (unpaired) electrons. The van der Waals surface area contributed by atoms with E-state index >= 15 is 0 Å². The van der Waals surface area contributed by atoms with Crippen molar-refractivity contribution < 1.29 is 9.90 Å². The van der Waals surface area contributed by atoms with Gasteiger partial charge in [-0.15, -0.1) is 0 Å². The Bertz CT molecular complexity index is 795. The van der Waals surface area contributed by atoms with Gasteiger partial charge < -0.3 is 10.1 Å². The van der Waals surface area contributed by atoms with Gasteiger partial charge in [0, 0.05) is 23.3 Å². The number of aliphatic carboxylic acids is 1. The molecule has 20 heavy (non-hydrogen) atoms. The fourth-order valence-corrected chi connectivity index (χ4v) is 2.40. The Morgan fingerprint density at radius 2 is 2.20 bits per heavy atom. The molecule has 2 aromatic heterocycles. The fraction of sp³-hybridized carbons (Fsp3) is 0.0667. The number of aromatic amines is 1. The maximum absolute atomic E-state index is 10.8. The van der Waals surface area contributed by atoms with Crippen molar-refractivity contribution in [1.29, 1.82) is 0 Å². The molecule has 0 saturated carbocycles. The lowest BCUT2D eigenvalue weighted by Crippen LogP contribution is -1.99. The van der Waals surface area contributed by atoms with Crippen LogP contribution in [-0.4, -0.2) is 21.0 Å². The second-order valence-electron chi connectivity index (χ2n) is 4.52. The Morgan fingerprint density at radius 1 is 1.35 bits per heavy atom. The Balaban J connectivity index is 2.11. The van der Waals surface area contributed by atoms with Gasteiger partial charge >= 0.3 is 5.97 Å². The van der Waals surface area contributed by atoms with E-state index in [1.165, 1.54) is 0 Å². The van der Waals surface area contributed by atoms with Crippen molar-refractivity contribution >= 4 is 28.6 Å². The number of nitrogens with zero attached hydrogens (tertiary/aromatic N) is 1. The minimum atomic E-state index is -0.842. The van der Waals surface area contributed by atoms with Gasteiger partial charge in [0.1, 0.15) is 5.65 Å². The van der Waals surface area contributed by atoms with E-state index < -0.39 is 5.97 Å². The Hall–Kier alpha value is -2.33. The number of pyridine rings is 1. The Morgan fingerprint density at radius 3 is 3.00 bits per heavy atom. The Kier molecular flexibility index (Phi) is 3.16. The highest BCUT2D eigenvalue weighted by Gasteiger charge is 2.09. The van der Waals surface area contributed by atoms with Crippen molar-refractivity contribution in [2.45, 2.75) is 6.42 Å². The number of fused-ring (bicyclic) bond motifs is 1. The van der Waals surface area contributed by atoms with Crippen molar-refractivity contribution in [3.8, 4) is 11.1 Å². The summed E-state index contributed by atoms with van der Waals surface area (Å²) in [7, 11) is 0. The summed E-state index contributed by atoms with van der Waals surface area (Å²) in [4.78, 5) is 18.1. The van der Waals surface area contributed by atoms with E-state index in [1.54, 1.807) is 12.3 Å². The monoisotopic (exact) mass is 286 g/mol. The molecule has 0 aliphatic rings. The number of halogens is 1. The lowest BCUT2D eigenvalue weighted by molar-refractivity contribution is -0.136. The van der Waals surface area contributed by atoms with E-state index in [9.17, 15) is 4.79 Å². The molecular formula is C15H11ClN2O2. The van der Waals surface area contributed by atoms with Gasteiger partial charge in [-0.25, -0.2) is 4.98 Å². The zero-order valence-corrected chi connectivity index (χ0v) is 11.2. The van der Waals surface area contributed by atoms with Gasteiger partial charge in [0.25, 0.3) is 0 Å². The van der Waals surface area contributed by atoms with Crippen LogP contribution in [-0.2, 0) is 11.2 Å². The van der Waals surface area contributed by atoms with E-state index in [0.29, 0.717) is 5.02 Å². The van der Waals surface area contributed by atoms with Crippen LogP contribution in [0.4, 0.5) is 0 Å². The van der Waals surface area contributed by atoms with Crippen LogP contribution in [0.5, 0.6) is 0 Å². The molecule has 0 aliphatic heterocycles. The maximum Gasteiger partial charge on any atom is 0.307 e. The molecule has 0 spiro atoms. The number of carboxylic acids is 1. The molecule has 0 unspecified atom stereocenters. The van der Waals surface area contributed by atoms with E-state index in [-0.39, 0.29) is 6.42 Å². The average Bonchev–Trinajstić information content (AvgIpc) is 2.81. The molecule has 0 amide bonds. The highest BCUT2D eigenvalue weighted by Crippen LogP contribution is 2.29. The molecule has 5 heteroatoms. The molecule has 4 nitrogen and oxygen atoms in total. The number of nitrogens with one attached hydrogen (secondary N) is 1. The number of H-pyrrole nitrogens is 1. The van der Waals surface area contributed by atoms with Gasteiger partial charge in [0.05, 0.1) is 11.4 Å². The van der Waals surface area contributed by atoms with Crippen LogP contribution in [0.15, 0.2) is 42.7 Å². The van der Waals surface area contributed by atoms with Gasteiger partial charge in [-0.3, -0.25) is 4.79 Å². The third-order valence-electron chi connectivity index (χ3n) is 3.09. The lowest BCUT2D eigenvalue weighted by atomic mass is 10.0. The first-order valence-corrected chi connectivity index (χ1v) is 6.45. The number of hydrogen-bond donors (Lipinski definition) is 2. The van der Waals surface area contributed by atoms with Gasteiger partial charge in [-0.1, -0.05) is 35.9 Å². The van der Waals surface area contributed by atoms with Gasteiger partial charge in [0.2, 0.25) is 0 Å². The second kappa shape index (κ2) is 4.98. The lowest BCUT2D eigenvalue weighted by Gasteiger charge is -2.03. The average molecular weight is 287 g/mol. The smallest absolute Gasteiger partial charge is 0.307 e. The third-order valence-corrected chi connectivity index (χ3v) is 3.30. The summed E-state index contributed by atoms with van der Waals surface area (Å²) < 4.78 is 0. The molecule has 0 bridgehead atoms. The van der Waals surface area contributed by atoms with Gasteiger partial charge in [-0.2, -0.15) is 0 Å². The summed E-state index contributed by atoms with van der Waals surface area (Å²) in [6, 6.07) is 9.31. The van der Waals surface area contributed by atoms with Crippen molar-refractivity contribution in [2.24, 2.45) is 0 Å². The molecule has 0 fully saturated rings. The summed E-state index contributed by atoms with van der Waals surface area (Å²) >= 11 is 5.98. The van der Waals surface area contributed by atoms with Crippen LogP contribution in [0, 0.1) is 0 Å². The van der Waals surface area contributed by atoms with E-state index in [0.717, 1.165) is 27.7 Å². The van der Waals surface area contributed by atoms with Crippen LogP contribution in [0.2, 0.25) is 5.02 Å². The van der Waals surface area contributed by atoms with Crippen LogP contribution in [0.1, 0.15) is 5.56 Å². The third kappa shape index (κ3) is 2.38. The Labute approximate surface area is 120 Å². The molecule has 3 rings (SSSR count). The summed E-state index contributed by atoms with van der Waals surface area (Å²) in [6.07, 6.45) is 3.45. The molecule has 100 valence electrons. The number of aromatic nitrogens is 2. The highest BCUT2D eigenvalue weighted by molar-refractivity contribution is 6.31. The van der Waals surface area contributed by atoms with E-state index in [1.807, 2.05) is 30.5 Å². The first-order chi connectivity index (χ1) is 9.63. The molecule has 0 saturated heterocycles. The number of carbonyl (C=O) groups is 1. The first kappa shape index (κ1) is 12.7. The molecule has 3 aromatic rings. The molecule has 0 aliphatic carbocycles. The number of rotatable bonds is 3. The maximum atomic E-state index is 10.8. The number of hydrogen-bond acceptors (Lipinski definition) is 2. The largest absolute Gasteiger partial charge is 0.481 e. The fourth-order valence-electron chi connectivity index (χ4n) is 2.24. The minimum absolute atomic E-state index is 0.00913. The predicted molar refractivity (Wildman–Crippen MR) is 77.9 cm³/mol. The van der Waals surface area contributed by atoms with Crippen molar-refractivity contribution in [2.75, 3.05) is 0 Å². The summed E-state index contributed by atoms with van der Waals surface area (Å²) in [5.74, 6) is -0.842. The number of carboxylic acid groups (broad SMARTS) is 1. The molecular weight excluding hydrogens is 276 g/mol. The van der Waals surface area contributed by atoms with Gasteiger partial charge in [0.15, 0.2) is 0 Å². The van der Waals surface area contributed by atoms with Crippen LogP contribution >= 0.6 is 11.6 Å².